The Labute approximate surface area is 111 Å². The van der Waals surface area contributed by atoms with Crippen LogP contribution in [0.25, 0.3) is 0 Å². The molecular weight excluding hydrogens is 273 g/mol. The molecule has 0 aromatic heterocycles. The first-order valence-electron chi connectivity index (χ1n) is 5.87. The van der Waals surface area contributed by atoms with Crippen LogP contribution in [0.1, 0.15) is 30.6 Å². The van der Waals surface area contributed by atoms with E-state index in [0.717, 1.165) is 22.5 Å². The van der Waals surface area contributed by atoms with Gasteiger partial charge in [0.05, 0.1) is 10.5 Å². The highest BCUT2D eigenvalue weighted by Crippen LogP contribution is 2.22. The quantitative estimate of drug-likeness (QED) is 0.868. The maximum Gasteiger partial charge on any atom is 0.337 e. The van der Waals surface area contributed by atoms with Crippen molar-refractivity contribution in [2.24, 2.45) is 0 Å². The fourth-order valence-corrected chi connectivity index (χ4v) is 3.46. The van der Waals surface area contributed by atoms with E-state index in [1.54, 1.807) is 6.92 Å². The molecule has 0 aliphatic carbocycles. The van der Waals surface area contributed by atoms with Crippen molar-refractivity contribution in [3.63, 3.8) is 0 Å². The summed E-state index contributed by atoms with van der Waals surface area (Å²) in [6, 6.07) is 2.64. The van der Waals surface area contributed by atoms with Crippen molar-refractivity contribution in [3.05, 3.63) is 29.6 Å². The number of hydrogen-bond acceptors (Lipinski definition) is 3. The molecule has 1 N–H and O–H groups in total. The van der Waals surface area contributed by atoms with Gasteiger partial charge in [-0.2, -0.15) is 4.31 Å². The average Bonchev–Trinajstić information content (AvgIpc) is 2.35. The van der Waals surface area contributed by atoms with E-state index < -0.39 is 32.3 Å². The van der Waals surface area contributed by atoms with Crippen LogP contribution in [0.2, 0.25) is 0 Å². The van der Waals surface area contributed by atoms with Crippen molar-refractivity contribution in [1.29, 1.82) is 0 Å². The minimum atomic E-state index is -4.00. The molecule has 1 aromatic rings. The first kappa shape index (κ1) is 15.6. The zero-order chi connectivity index (χ0) is 14.6. The van der Waals surface area contributed by atoms with Crippen LogP contribution in [-0.2, 0) is 10.0 Å². The Morgan fingerprint density at radius 1 is 1.37 bits per heavy atom. The summed E-state index contributed by atoms with van der Waals surface area (Å²) in [5.74, 6) is -2.18. The van der Waals surface area contributed by atoms with Crippen LogP contribution in [0, 0.1) is 5.82 Å². The molecule has 1 rings (SSSR count). The maximum absolute atomic E-state index is 13.2. The molecule has 0 atom stereocenters. The predicted octanol–water partition coefficient (Wildman–Crippen LogP) is 1.94. The zero-order valence-electron chi connectivity index (χ0n) is 10.8. The Morgan fingerprint density at radius 3 is 2.47 bits per heavy atom. The molecule has 0 heterocycles. The van der Waals surface area contributed by atoms with Crippen molar-refractivity contribution in [1.82, 2.24) is 4.31 Å². The summed E-state index contributed by atoms with van der Waals surface area (Å²) in [5, 5.41) is 9.00. The molecule has 0 radical (unpaired) electrons. The third-order valence-corrected chi connectivity index (χ3v) is 4.63. The topological polar surface area (TPSA) is 74.7 Å². The lowest BCUT2D eigenvalue weighted by Crippen LogP contribution is -2.32. The second-order valence-electron chi connectivity index (χ2n) is 3.94. The van der Waals surface area contributed by atoms with Crippen molar-refractivity contribution in [2.75, 3.05) is 13.1 Å². The zero-order valence-corrected chi connectivity index (χ0v) is 11.6. The molecular formula is C12H16FNO4S. The number of aromatic carboxylic acids is 1. The molecule has 106 valence electrons. The highest BCUT2D eigenvalue weighted by molar-refractivity contribution is 7.89. The Hall–Kier alpha value is -1.47. The van der Waals surface area contributed by atoms with Gasteiger partial charge in [0.15, 0.2) is 0 Å². The Kier molecular flexibility index (Phi) is 5.02. The number of nitrogens with zero attached hydrogens (tertiary/aromatic N) is 1. The number of rotatable bonds is 6. The van der Waals surface area contributed by atoms with Gasteiger partial charge in [0.25, 0.3) is 0 Å². The van der Waals surface area contributed by atoms with E-state index >= 15 is 0 Å². The molecule has 19 heavy (non-hydrogen) atoms. The van der Waals surface area contributed by atoms with Crippen molar-refractivity contribution in [3.8, 4) is 0 Å². The van der Waals surface area contributed by atoms with Gasteiger partial charge in [-0.1, -0.05) is 13.8 Å². The van der Waals surface area contributed by atoms with E-state index in [1.165, 1.54) is 0 Å². The van der Waals surface area contributed by atoms with Gasteiger partial charge in [-0.25, -0.2) is 17.6 Å². The summed E-state index contributed by atoms with van der Waals surface area (Å²) in [6.45, 7) is 3.91. The molecule has 0 bridgehead atoms. The number of benzene rings is 1. The SMILES string of the molecule is CCCN(CC)S(=O)(=O)c1cc(F)ccc1C(=O)O. The van der Waals surface area contributed by atoms with E-state index in [2.05, 4.69) is 0 Å². The molecule has 0 saturated carbocycles. The van der Waals surface area contributed by atoms with Crippen LogP contribution in [-0.4, -0.2) is 36.9 Å². The molecule has 5 nitrogen and oxygen atoms in total. The number of sulfonamides is 1. The monoisotopic (exact) mass is 289 g/mol. The summed E-state index contributed by atoms with van der Waals surface area (Å²) >= 11 is 0. The number of carboxylic acids is 1. The van der Waals surface area contributed by atoms with Crippen LogP contribution in [0.4, 0.5) is 4.39 Å². The molecule has 0 fully saturated rings. The van der Waals surface area contributed by atoms with Crippen LogP contribution < -0.4 is 0 Å². The van der Waals surface area contributed by atoms with Crippen LogP contribution in [0.3, 0.4) is 0 Å². The van der Waals surface area contributed by atoms with Crippen LogP contribution in [0.15, 0.2) is 23.1 Å². The second-order valence-corrected chi connectivity index (χ2v) is 5.85. The van der Waals surface area contributed by atoms with Crippen molar-refractivity contribution >= 4 is 16.0 Å². The molecule has 1 aromatic carbocycles. The minimum absolute atomic E-state index is 0.200. The van der Waals surface area contributed by atoms with Gasteiger partial charge >= 0.3 is 5.97 Å². The van der Waals surface area contributed by atoms with Gasteiger partial charge in [-0.15, -0.1) is 0 Å². The number of halogens is 1. The lowest BCUT2D eigenvalue weighted by atomic mass is 10.2. The smallest absolute Gasteiger partial charge is 0.337 e. The number of hydrogen-bond donors (Lipinski definition) is 1. The van der Waals surface area contributed by atoms with Crippen molar-refractivity contribution < 1.29 is 22.7 Å². The molecule has 0 aliphatic heterocycles. The summed E-state index contributed by atoms with van der Waals surface area (Å²) in [6.07, 6.45) is 0.588. The summed E-state index contributed by atoms with van der Waals surface area (Å²) < 4.78 is 39.0. The number of carboxylic acid groups (broad SMARTS) is 1. The first-order valence-corrected chi connectivity index (χ1v) is 7.31. The Bertz CT molecular complexity index is 571. The molecule has 0 amide bonds. The van der Waals surface area contributed by atoms with Gasteiger partial charge in [0, 0.05) is 13.1 Å². The van der Waals surface area contributed by atoms with Crippen LogP contribution in [0.5, 0.6) is 0 Å². The van der Waals surface area contributed by atoms with E-state index in [0.29, 0.717) is 6.42 Å². The van der Waals surface area contributed by atoms with Gasteiger partial charge in [0.1, 0.15) is 5.82 Å². The minimum Gasteiger partial charge on any atom is -0.478 e. The molecule has 7 heteroatoms. The van der Waals surface area contributed by atoms with Crippen molar-refractivity contribution in [2.45, 2.75) is 25.2 Å². The normalized spacial score (nSPS) is 11.8. The largest absolute Gasteiger partial charge is 0.478 e. The molecule has 0 saturated heterocycles. The number of carbonyl (C=O) groups is 1. The fourth-order valence-electron chi connectivity index (χ4n) is 1.72. The fraction of sp³-hybridized carbons (Fsp3) is 0.417. The lowest BCUT2D eigenvalue weighted by Gasteiger charge is -2.20. The first-order chi connectivity index (χ1) is 8.84. The van der Waals surface area contributed by atoms with Gasteiger partial charge in [-0.05, 0) is 24.6 Å². The highest BCUT2D eigenvalue weighted by Gasteiger charge is 2.28. The van der Waals surface area contributed by atoms with Crippen LogP contribution >= 0.6 is 0 Å². The highest BCUT2D eigenvalue weighted by atomic mass is 32.2. The Balaban J connectivity index is 3.42. The third-order valence-electron chi connectivity index (χ3n) is 2.62. The third kappa shape index (κ3) is 3.30. The lowest BCUT2D eigenvalue weighted by molar-refractivity contribution is 0.0692. The van der Waals surface area contributed by atoms with Gasteiger partial charge in [0.2, 0.25) is 10.0 Å². The molecule has 0 spiro atoms. The van der Waals surface area contributed by atoms with Gasteiger partial charge < -0.3 is 5.11 Å². The van der Waals surface area contributed by atoms with E-state index in [9.17, 15) is 17.6 Å². The second kappa shape index (κ2) is 6.12. The summed E-state index contributed by atoms with van der Waals surface area (Å²) in [4.78, 5) is 10.5. The van der Waals surface area contributed by atoms with Gasteiger partial charge in [-0.3, -0.25) is 0 Å². The summed E-state index contributed by atoms with van der Waals surface area (Å²) in [5.41, 5.74) is -0.420. The van der Waals surface area contributed by atoms with E-state index in [-0.39, 0.29) is 13.1 Å². The molecule has 0 unspecified atom stereocenters. The van der Waals surface area contributed by atoms with E-state index in [4.69, 9.17) is 5.11 Å². The van der Waals surface area contributed by atoms with E-state index in [1.807, 2.05) is 6.92 Å². The average molecular weight is 289 g/mol. The standard InChI is InChI=1S/C12H16FNO4S/c1-3-7-14(4-2)19(17,18)11-8-9(13)5-6-10(11)12(15)16/h5-6,8H,3-4,7H2,1-2H3,(H,15,16). The Morgan fingerprint density at radius 2 is 2.00 bits per heavy atom. The maximum atomic E-state index is 13.2. The summed E-state index contributed by atoms with van der Waals surface area (Å²) in [7, 11) is -4.00. The predicted molar refractivity (Wildman–Crippen MR) is 68.1 cm³/mol. The molecule has 0 aliphatic rings.